The molecule has 150 valence electrons. The topological polar surface area (TPSA) is 85.5 Å². The lowest BCUT2D eigenvalue weighted by Crippen LogP contribution is -2.22. The van der Waals surface area contributed by atoms with Gasteiger partial charge in [-0.05, 0) is 42.3 Å². The third kappa shape index (κ3) is 4.93. The number of aryl methyl sites for hydroxylation is 1. The number of carbonyl (C=O) groups is 2. The Morgan fingerprint density at radius 1 is 1.21 bits per heavy atom. The fourth-order valence-electron chi connectivity index (χ4n) is 2.67. The number of hydrogen-bond donors (Lipinski definition) is 1. The summed E-state index contributed by atoms with van der Waals surface area (Å²) in [4.78, 5) is 30.4. The minimum Gasteiger partial charge on any atom is -0.456 e. The Bertz CT molecular complexity index is 1030. The van der Waals surface area contributed by atoms with Crippen LogP contribution in [0.1, 0.15) is 35.5 Å². The van der Waals surface area contributed by atoms with Crippen LogP contribution in [0.2, 0.25) is 5.02 Å². The molecule has 3 rings (SSSR count). The van der Waals surface area contributed by atoms with Gasteiger partial charge in [-0.3, -0.25) is 9.69 Å². The van der Waals surface area contributed by atoms with Crippen LogP contribution in [-0.4, -0.2) is 16.9 Å². The van der Waals surface area contributed by atoms with E-state index in [1.165, 1.54) is 34.8 Å². The Hall–Kier alpha value is -2.90. The van der Waals surface area contributed by atoms with E-state index in [1.807, 2.05) is 24.3 Å². The maximum atomic E-state index is 12.2. The first-order valence-corrected chi connectivity index (χ1v) is 10.2. The highest BCUT2D eigenvalue weighted by molar-refractivity contribution is 7.14. The molecule has 29 heavy (non-hydrogen) atoms. The van der Waals surface area contributed by atoms with Gasteiger partial charge < -0.3 is 10.5 Å². The molecule has 6 nitrogen and oxygen atoms in total. The Balaban J connectivity index is 1.71. The van der Waals surface area contributed by atoms with Gasteiger partial charge >= 0.3 is 5.97 Å². The number of aromatic nitrogens is 1. The third-order valence-corrected chi connectivity index (χ3v) is 5.45. The number of nitrogen functional groups attached to an aromatic ring is 1. The summed E-state index contributed by atoms with van der Waals surface area (Å²) in [5.41, 5.74) is 8.81. The number of amides is 1. The molecule has 0 spiro atoms. The van der Waals surface area contributed by atoms with Gasteiger partial charge in [-0.1, -0.05) is 30.7 Å². The Labute approximate surface area is 177 Å². The Morgan fingerprint density at radius 3 is 2.55 bits per heavy atom. The molecule has 0 saturated heterocycles. The van der Waals surface area contributed by atoms with Crippen molar-refractivity contribution in [1.82, 2.24) is 4.98 Å². The highest BCUT2D eigenvalue weighted by Gasteiger charge is 2.18. The summed E-state index contributed by atoms with van der Waals surface area (Å²) >= 11 is 7.17. The van der Waals surface area contributed by atoms with Crippen molar-refractivity contribution in [3.63, 3.8) is 0 Å². The molecule has 0 unspecified atom stereocenters. The standard InChI is InChI=1S/C21H20ClN3O3S/c1-3-14-4-7-17(8-5-14)25(13(2)26)21-24-16(12-29-21)11-28-20(27)15-6-9-18(22)19(23)10-15/h4-10,12H,3,11,23H2,1-2H3. The van der Waals surface area contributed by atoms with Crippen LogP contribution in [0.5, 0.6) is 0 Å². The van der Waals surface area contributed by atoms with Crippen LogP contribution >= 0.6 is 22.9 Å². The first-order valence-electron chi connectivity index (χ1n) is 8.95. The van der Waals surface area contributed by atoms with Crippen molar-refractivity contribution in [2.75, 3.05) is 10.6 Å². The van der Waals surface area contributed by atoms with Crippen LogP contribution < -0.4 is 10.6 Å². The first kappa shape index (κ1) is 20.8. The SMILES string of the molecule is CCc1ccc(N(C(C)=O)c2nc(COC(=O)c3ccc(Cl)c(N)c3)cs2)cc1. The fourth-order valence-corrected chi connectivity index (χ4v) is 3.66. The number of benzene rings is 2. The van der Waals surface area contributed by atoms with E-state index in [0.29, 0.717) is 27.1 Å². The second kappa shape index (κ2) is 9.07. The number of thiazole rings is 1. The number of halogens is 1. The predicted molar refractivity (Wildman–Crippen MR) is 116 cm³/mol. The molecule has 0 saturated carbocycles. The number of ether oxygens (including phenoxy) is 1. The summed E-state index contributed by atoms with van der Waals surface area (Å²) in [6.45, 7) is 3.54. The molecule has 8 heteroatoms. The van der Waals surface area contributed by atoms with Crippen molar-refractivity contribution >= 4 is 51.3 Å². The lowest BCUT2D eigenvalue weighted by Gasteiger charge is -2.18. The summed E-state index contributed by atoms with van der Waals surface area (Å²) in [6.07, 6.45) is 0.923. The van der Waals surface area contributed by atoms with Gasteiger partial charge in [0.25, 0.3) is 0 Å². The van der Waals surface area contributed by atoms with Gasteiger partial charge in [0.05, 0.1) is 27.7 Å². The van der Waals surface area contributed by atoms with Crippen molar-refractivity contribution in [3.8, 4) is 0 Å². The molecule has 1 amide bonds. The largest absolute Gasteiger partial charge is 0.456 e. The van der Waals surface area contributed by atoms with Gasteiger partial charge in [-0.25, -0.2) is 9.78 Å². The first-order chi connectivity index (χ1) is 13.9. The van der Waals surface area contributed by atoms with E-state index in [4.69, 9.17) is 22.1 Å². The van der Waals surface area contributed by atoms with E-state index in [-0.39, 0.29) is 12.5 Å². The van der Waals surface area contributed by atoms with E-state index in [0.717, 1.165) is 12.1 Å². The second-order valence-electron chi connectivity index (χ2n) is 6.31. The van der Waals surface area contributed by atoms with Crippen LogP contribution in [0.25, 0.3) is 0 Å². The maximum absolute atomic E-state index is 12.2. The molecule has 1 heterocycles. The monoisotopic (exact) mass is 429 g/mol. The molecule has 0 radical (unpaired) electrons. The summed E-state index contributed by atoms with van der Waals surface area (Å²) in [7, 11) is 0. The Morgan fingerprint density at radius 2 is 1.93 bits per heavy atom. The molecule has 0 aliphatic heterocycles. The van der Waals surface area contributed by atoms with Crippen molar-refractivity contribution in [1.29, 1.82) is 0 Å². The van der Waals surface area contributed by atoms with E-state index in [1.54, 1.807) is 17.5 Å². The zero-order valence-corrected chi connectivity index (χ0v) is 17.6. The van der Waals surface area contributed by atoms with Gasteiger partial charge in [-0.2, -0.15) is 0 Å². The van der Waals surface area contributed by atoms with Crippen LogP contribution in [0.3, 0.4) is 0 Å². The number of carbonyl (C=O) groups excluding carboxylic acids is 2. The molecular formula is C21H20ClN3O3S. The molecule has 1 aromatic heterocycles. The van der Waals surface area contributed by atoms with Crippen molar-refractivity contribution in [3.05, 3.63) is 69.7 Å². The third-order valence-electron chi connectivity index (χ3n) is 4.23. The summed E-state index contributed by atoms with van der Waals surface area (Å²) < 4.78 is 5.30. The second-order valence-corrected chi connectivity index (χ2v) is 7.55. The van der Waals surface area contributed by atoms with Crippen LogP contribution in [0, 0.1) is 0 Å². The van der Waals surface area contributed by atoms with Gasteiger partial charge in [0.2, 0.25) is 5.91 Å². The van der Waals surface area contributed by atoms with Crippen LogP contribution in [0.4, 0.5) is 16.5 Å². The number of rotatable bonds is 6. The molecule has 2 aromatic carbocycles. The van der Waals surface area contributed by atoms with Gasteiger partial charge in [0, 0.05) is 12.3 Å². The molecule has 0 aliphatic rings. The normalized spacial score (nSPS) is 10.6. The molecule has 0 bridgehead atoms. The number of anilines is 3. The highest BCUT2D eigenvalue weighted by atomic mass is 35.5. The minimum atomic E-state index is -0.526. The molecule has 0 aliphatic carbocycles. The van der Waals surface area contributed by atoms with Crippen LogP contribution in [0.15, 0.2) is 47.8 Å². The Kier molecular flexibility index (Phi) is 6.51. The fraction of sp³-hybridized carbons (Fsp3) is 0.190. The lowest BCUT2D eigenvalue weighted by atomic mass is 10.1. The van der Waals surface area contributed by atoms with E-state index in [2.05, 4.69) is 11.9 Å². The summed E-state index contributed by atoms with van der Waals surface area (Å²) in [6, 6.07) is 12.3. The molecule has 3 aromatic rings. The average Bonchev–Trinajstić information content (AvgIpc) is 3.17. The van der Waals surface area contributed by atoms with Crippen molar-refractivity contribution < 1.29 is 14.3 Å². The van der Waals surface area contributed by atoms with E-state index in [9.17, 15) is 9.59 Å². The molecule has 0 atom stereocenters. The number of esters is 1. The lowest BCUT2D eigenvalue weighted by molar-refractivity contribution is -0.115. The minimum absolute atomic E-state index is 0.0155. The van der Waals surface area contributed by atoms with E-state index >= 15 is 0 Å². The number of nitrogens with two attached hydrogens (primary N) is 1. The summed E-state index contributed by atoms with van der Waals surface area (Å²) in [5, 5.41) is 2.65. The molecular weight excluding hydrogens is 410 g/mol. The van der Waals surface area contributed by atoms with Gasteiger partial charge in [0.1, 0.15) is 6.61 Å². The van der Waals surface area contributed by atoms with Crippen molar-refractivity contribution in [2.45, 2.75) is 26.9 Å². The predicted octanol–water partition coefficient (Wildman–Crippen LogP) is 4.98. The smallest absolute Gasteiger partial charge is 0.338 e. The number of hydrogen-bond acceptors (Lipinski definition) is 6. The van der Waals surface area contributed by atoms with Gasteiger partial charge in [-0.15, -0.1) is 11.3 Å². The van der Waals surface area contributed by atoms with Crippen molar-refractivity contribution in [2.24, 2.45) is 0 Å². The molecule has 0 fully saturated rings. The van der Waals surface area contributed by atoms with Gasteiger partial charge in [0.15, 0.2) is 5.13 Å². The zero-order chi connectivity index (χ0) is 21.0. The van der Waals surface area contributed by atoms with Crippen LogP contribution in [-0.2, 0) is 22.6 Å². The highest BCUT2D eigenvalue weighted by Crippen LogP contribution is 2.29. The number of nitrogens with zero attached hydrogens (tertiary/aromatic N) is 2. The zero-order valence-electron chi connectivity index (χ0n) is 16.0. The molecule has 2 N–H and O–H groups in total. The average molecular weight is 430 g/mol. The summed E-state index contributed by atoms with van der Waals surface area (Å²) in [5.74, 6) is -0.676. The maximum Gasteiger partial charge on any atom is 0.338 e. The van der Waals surface area contributed by atoms with E-state index < -0.39 is 5.97 Å². The quantitative estimate of drug-likeness (QED) is 0.441.